The van der Waals surface area contributed by atoms with Gasteiger partial charge in [0.2, 0.25) is 5.43 Å². The van der Waals surface area contributed by atoms with Gasteiger partial charge >= 0.3 is 59.1 Å². The van der Waals surface area contributed by atoms with Gasteiger partial charge in [0.05, 0.1) is 28.8 Å². The third-order valence-corrected chi connectivity index (χ3v) is 7.60. The number of pyridine rings is 1. The Bertz CT molecular complexity index is 1340. The van der Waals surface area contributed by atoms with Crippen molar-refractivity contribution in [3.63, 3.8) is 0 Å². The van der Waals surface area contributed by atoms with Crippen LogP contribution in [0.4, 0.5) is 10.1 Å². The SMILES string of the molecule is C[C@H]1CCc2c(N3CCC(O)CC3)c(F)cc3c(=O)c(C(=O)N[C@]4(C(=O)[O-])CC4C(=O)[O-])cn1c23.[Na+].[Na+]. The van der Waals surface area contributed by atoms with E-state index < -0.39 is 58.6 Å². The Morgan fingerprint density at radius 1 is 1.16 bits per heavy atom. The Balaban J connectivity index is 0.00000190. The topological polar surface area (TPSA) is 155 Å². The van der Waals surface area contributed by atoms with Gasteiger partial charge in [-0.1, -0.05) is 0 Å². The molecule has 1 amide bonds. The number of hydrogen-bond acceptors (Lipinski definition) is 8. The first-order valence-electron chi connectivity index (χ1n) is 11.6. The number of rotatable bonds is 5. The van der Waals surface area contributed by atoms with Gasteiger partial charge in [-0.15, -0.1) is 0 Å². The minimum Gasteiger partial charge on any atom is -0.550 e. The van der Waals surface area contributed by atoms with Crippen molar-refractivity contribution in [1.82, 2.24) is 9.88 Å². The minimum absolute atomic E-state index is 0. The number of carboxylic acids is 2. The number of aliphatic hydroxyl groups is 1. The first-order valence-corrected chi connectivity index (χ1v) is 11.6. The van der Waals surface area contributed by atoms with Gasteiger partial charge in [0.25, 0.3) is 5.91 Å². The van der Waals surface area contributed by atoms with Crippen LogP contribution in [-0.2, 0) is 16.0 Å². The summed E-state index contributed by atoms with van der Waals surface area (Å²) < 4.78 is 17.2. The van der Waals surface area contributed by atoms with E-state index in [1.165, 1.54) is 6.20 Å². The second kappa shape index (κ2) is 11.0. The van der Waals surface area contributed by atoms with E-state index in [2.05, 4.69) is 5.32 Å². The van der Waals surface area contributed by atoms with E-state index in [1.54, 1.807) is 4.57 Å². The van der Waals surface area contributed by atoms with E-state index in [0.717, 1.165) is 6.07 Å². The average Bonchev–Trinajstić information content (AvgIpc) is 3.54. The number of benzene rings is 1. The summed E-state index contributed by atoms with van der Waals surface area (Å²) in [4.78, 5) is 50.9. The van der Waals surface area contributed by atoms with Crippen LogP contribution in [0.5, 0.6) is 0 Å². The number of halogens is 1. The fourth-order valence-electron chi connectivity index (χ4n) is 5.46. The summed E-state index contributed by atoms with van der Waals surface area (Å²) in [7, 11) is 0. The predicted molar refractivity (Wildman–Crippen MR) is 117 cm³/mol. The zero-order valence-corrected chi connectivity index (χ0v) is 25.0. The molecule has 1 unspecified atom stereocenters. The molecule has 2 fully saturated rings. The van der Waals surface area contributed by atoms with Crippen LogP contribution in [0.1, 0.15) is 54.6 Å². The van der Waals surface area contributed by atoms with Crippen LogP contribution in [-0.4, -0.2) is 52.3 Å². The van der Waals surface area contributed by atoms with E-state index in [1.807, 2.05) is 11.8 Å². The molecule has 1 aromatic heterocycles. The molecular formula is C24H24FN3Na2O7. The first-order chi connectivity index (χ1) is 16.5. The van der Waals surface area contributed by atoms with Crippen molar-refractivity contribution in [3.8, 4) is 0 Å². The molecule has 37 heavy (non-hydrogen) atoms. The van der Waals surface area contributed by atoms with E-state index in [0.29, 0.717) is 55.5 Å². The standard InChI is InChI=1S/C24H26FN3O7.2Na/c1-11-2-3-13-18-14(8-17(25)19(13)27-6-4-12(29)5-7-27)20(30)15(10-28(11)18)21(31)26-24(23(34)35)9-16(24)22(32)33;;/h8,10-12,16,29H,2-7,9H2,1H3,(H,26,31)(H,32,33)(H,34,35);;/q;2*+1/p-2/t11-,16?,24+;;/m0../s1. The van der Waals surface area contributed by atoms with Crippen LogP contribution in [0, 0.1) is 11.7 Å². The quantitative estimate of drug-likeness (QED) is 0.361. The molecule has 0 bridgehead atoms. The van der Waals surface area contributed by atoms with Crippen molar-refractivity contribution in [1.29, 1.82) is 0 Å². The number of aromatic nitrogens is 1. The fourth-order valence-corrected chi connectivity index (χ4v) is 5.46. The number of nitrogens with one attached hydrogen (secondary N) is 1. The summed E-state index contributed by atoms with van der Waals surface area (Å²) in [6.45, 7) is 2.84. The molecule has 1 saturated heterocycles. The average molecular weight is 531 g/mol. The Morgan fingerprint density at radius 2 is 1.81 bits per heavy atom. The molecule has 3 aliphatic rings. The molecule has 1 saturated carbocycles. The molecule has 1 aliphatic carbocycles. The van der Waals surface area contributed by atoms with E-state index in [9.17, 15) is 34.5 Å². The van der Waals surface area contributed by atoms with Crippen molar-refractivity contribution in [3.05, 3.63) is 39.4 Å². The molecule has 0 radical (unpaired) electrons. The molecule has 1 aromatic carbocycles. The van der Waals surface area contributed by atoms with Crippen LogP contribution in [0.25, 0.3) is 10.9 Å². The Kier molecular flexibility index (Phi) is 8.90. The van der Waals surface area contributed by atoms with Crippen molar-refractivity contribution in [2.75, 3.05) is 18.0 Å². The number of aliphatic hydroxyl groups excluding tert-OH is 1. The number of piperidine rings is 1. The van der Waals surface area contributed by atoms with Crippen molar-refractivity contribution in [2.24, 2.45) is 5.92 Å². The summed E-state index contributed by atoms with van der Waals surface area (Å²) in [5.41, 5.74) is -1.76. The van der Waals surface area contributed by atoms with Gasteiger partial charge < -0.3 is 39.7 Å². The number of carboxylic acid groups (broad SMARTS) is 2. The predicted octanol–water partition coefficient (Wildman–Crippen LogP) is -7.39. The van der Waals surface area contributed by atoms with E-state index >= 15 is 4.39 Å². The Labute approximate surface area is 255 Å². The maximum absolute atomic E-state index is 15.4. The maximum Gasteiger partial charge on any atom is 1.00 e. The summed E-state index contributed by atoms with van der Waals surface area (Å²) in [5, 5.41) is 34.7. The van der Waals surface area contributed by atoms with Crippen LogP contribution in [0.3, 0.4) is 0 Å². The molecule has 3 heterocycles. The fraction of sp³-hybridized carbons (Fsp3) is 0.500. The number of carbonyl (C=O) groups excluding carboxylic acids is 3. The van der Waals surface area contributed by atoms with Crippen LogP contribution < -0.4 is 85.0 Å². The summed E-state index contributed by atoms with van der Waals surface area (Å²) in [5.74, 6) is -6.56. The second-order valence-electron chi connectivity index (χ2n) is 9.76. The maximum atomic E-state index is 15.4. The van der Waals surface area contributed by atoms with Gasteiger partial charge in [0, 0.05) is 48.2 Å². The molecule has 3 atom stereocenters. The molecule has 0 spiro atoms. The third-order valence-electron chi connectivity index (χ3n) is 7.60. The number of hydrogen-bond donors (Lipinski definition) is 2. The summed E-state index contributed by atoms with van der Waals surface area (Å²) in [6, 6.07) is 0.966. The number of aryl methyl sites for hydroxylation is 1. The summed E-state index contributed by atoms with van der Waals surface area (Å²) in [6.07, 6.45) is 2.64. The Hall–Kier alpha value is -1.47. The molecule has 10 nitrogen and oxygen atoms in total. The second-order valence-corrected chi connectivity index (χ2v) is 9.76. The van der Waals surface area contributed by atoms with Gasteiger partial charge in [-0.05, 0) is 45.1 Å². The molecule has 13 heteroatoms. The zero-order valence-electron chi connectivity index (χ0n) is 21.0. The minimum atomic E-state index is -2.15. The Morgan fingerprint density at radius 3 is 2.38 bits per heavy atom. The van der Waals surface area contributed by atoms with Gasteiger partial charge in [0.1, 0.15) is 11.4 Å². The molecule has 2 aliphatic heterocycles. The van der Waals surface area contributed by atoms with Crippen LogP contribution in [0.2, 0.25) is 0 Å². The van der Waals surface area contributed by atoms with Gasteiger partial charge in [-0.2, -0.15) is 0 Å². The van der Waals surface area contributed by atoms with Crippen LogP contribution in [0.15, 0.2) is 17.1 Å². The van der Waals surface area contributed by atoms with Crippen LogP contribution >= 0.6 is 0 Å². The molecule has 5 rings (SSSR count). The van der Waals surface area contributed by atoms with Crippen molar-refractivity contribution >= 4 is 34.4 Å². The zero-order chi connectivity index (χ0) is 25.2. The third kappa shape index (κ3) is 4.99. The van der Waals surface area contributed by atoms with E-state index in [-0.39, 0.29) is 70.5 Å². The largest absolute Gasteiger partial charge is 1.00 e. The molecular weight excluding hydrogens is 507 g/mol. The number of nitrogens with zero attached hydrogens (tertiary/aromatic N) is 2. The molecule has 2 aromatic rings. The molecule has 2 N–H and O–H groups in total. The summed E-state index contributed by atoms with van der Waals surface area (Å²) >= 11 is 0. The van der Waals surface area contributed by atoms with Gasteiger partial charge in [0.15, 0.2) is 0 Å². The van der Waals surface area contributed by atoms with E-state index in [4.69, 9.17) is 0 Å². The molecule has 186 valence electrons. The smallest absolute Gasteiger partial charge is 0.550 e. The number of carbonyl (C=O) groups is 3. The number of amides is 1. The van der Waals surface area contributed by atoms with Crippen molar-refractivity contribution in [2.45, 2.75) is 56.7 Å². The van der Waals surface area contributed by atoms with Gasteiger partial charge in [-0.25, -0.2) is 4.39 Å². The van der Waals surface area contributed by atoms with Gasteiger partial charge in [-0.3, -0.25) is 9.59 Å². The monoisotopic (exact) mass is 531 g/mol. The normalized spacial score (nSPS) is 24.6. The first kappa shape index (κ1) is 30.1. The number of anilines is 1. The number of aliphatic carboxylic acids is 2. The van der Waals surface area contributed by atoms with Crippen molar-refractivity contribution < 1.29 is 93.2 Å².